The number of rotatable bonds is 2. The average molecular weight is 379 g/mol. The lowest BCUT2D eigenvalue weighted by Crippen LogP contribution is -2.31. The molecule has 1 atom stereocenters. The van der Waals surface area contributed by atoms with Crippen molar-refractivity contribution in [2.24, 2.45) is 0 Å². The van der Waals surface area contributed by atoms with Gasteiger partial charge in [-0.05, 0) is 50.9 Å². The second-order valence-electron chi connectivity index (χ2n) is 3.94. The van der Waals surface area contributed by atoms with Gasteiger partial charge in [0.1, 0.15) is 6.04 Å². The summed E-state index contributed by atoms with van der Waals surface area (Å²) in [6.07, 6.45) is 1.10. The van der Waals surface area contributed by atoms with E-state index in [4.69, 9.17) is 0 Å². The molecule has 1 aromatic rings. The van der Waals surface area contributed by atoms with Gasteiger partial charge in [0.15, 0.2) is 0 Å². The van der Waals surface area contributed by atoms with E-state index in [0.29, 0.717) is 0 Å². The van der Waals surface area contributed by atoms with E-state index in [9.17, 15) is 5.26 Å². The molecular formula is C11H13Br2N3S. The Morgan fingerprint density at radius 2 is 2.24 bits per heavy atom. The van der Waals surface area contributed by atoms with Crippen LogP contribution >= 0.6 is 43.2 Å². The molecule has 1 N–H and O–H groups in total. The van der Waals surface area contributed by atoms with E-state index in [1.807, 2.05) is 6.07 Å². The number of halogens is 2. The van der Waals surface area contributed by atoms with Gasteiger partial charge >= 0.3 is 0 Å². The molecule has 1 unspecified atom stereocenters. The summed E-state index contributed by atoms with van der Waals surface area (Å²) in [4.78, 5) is 3.36. The van der Waals surface area contributed by atoms with Gasteiger partial charge < -0.3 is 5.32 Å². The van der Waals surface area contributed by atoms with Gasteiger partial charge in [0.2, 0.25) is 0 Å². The van der Waals surface area contributed by atoms with Crippen molar-refractivity contribution in [3.8, 4) is 6.07 Å². The third-order valence-corrected chi connectivity index (χ3v) is 6.10. The summed E-state index contributed by atoms with van der Waals surface area (Å²) in [6, 6.07) is 4.34. The van der Waals surface area contributed by atoms with Crippen LogP contribution in [-0.4, -0.2) is 31.1 Å². The molecule has 0 saturated carbocycles. The predicted octanol–water partition coefficient (Wildman–Crippen LogP) is 3.13. The molecule has 1 aliphatic heterocycles. The Bertz CT molecular complexity index is 399. The first-order valence-electron chi connectivity index (χ1n) is 5.51. The van der Waals surface area contributed by atoms with E-state index in [0.717, 1.165) is 45.7 Å². The van der Waals surface area contributed by atoms with E-state index >= 15 is 0 Å². The SMILES string of the molecule is N#CC(c1cc(Br)c(Br)s1)N1CCCNCC1. The molecule has 1 fully saturated rings. The molecule has 0 amide bonds. The maximum Gasteiger partial charge on any atom is 0.133 e. The summed E-state index contributed by atoms with van der Waals surface area (Å²) in [6.45, 7) is 3.93. The molecule has 0 bridgehead atoms. The second kappa shape index (κ2) is 6.30. The highest BCUT2D eigenvalue weighted by atomic mass is 79.9. The van der Waals surface area contributed by atoms with Gasteiger partial charge in [-0.1, -0.05) is 0 Å². The van der Waals surface area contributed by atoms with Crippen LogP contribution in [0.1, 0.15) is 17.3 Å². The minimum atomic E-state index is -0.123. The summed E-state index contributed by atoms with van der Waals surface area (Å²) in [5.41, 5.74) is 0. The van der Waals surface area contributed by atoms with Gasteiger partial charge in [0, 0.05) is 29.0 Å². The molecule has 0 aromatic carbocycles. The molecule has 3 nitrogen and oxygen atoms in total. The fourth-order valence-corrected chi connectivity index (χ4v) is 4.12. The number of thiophene rings is 1. The smallest absolute Gasteiger partial charge is 0.133 e. The van der Waals surface area contributed by atoms with E-state index in [1.165, 1.54) is 0 Å². The van der Waals surface area contributed by atoms with Crippen LogP contribution in [0.25, 0.3) is 0 Å². The normalized spacial score (nSPS) is 19.6. The van der Waals surface area contributed by atoms with Gasteiger partial charge in [0.05, 0.1) is 9.86 Å². The Morgan fingerprint density at radius 3 is 2.88 bits per heavy atom. The predicted molar refractivity (Wildman–Crippen MR) is 77.1 cm³/mol. The van der Waals surface area contributed by atoms with Crippen molar-refractivity contribution in [3.63, 3.8) is 0 Å². The fraction of sp³-hybridized carbons (Fsp3) is 0.545. The van der Waals surface area contributed by atoms with Crippen molar-refractivity contribution >= 4 is 43.2 Å². The highest BCUT2D eigenvalue weighted by Crippen LogP contribution is 2.37. The molecule has 1 aliphatic rings. The number of hydrogen-bond donors (Lipinski definition) is 1. The molecule has 0 radical (unpaired) electrons. The minimum absolute atomic E-state index is 0.123. The lowest BCUT2D eigenvalue weighted by molar-refractivity contribution is 0.255. The van der Waals surface area contributed by atoms with Crippen LogP contribution in [0.3, 0.4) is 0 Å². The molecule has 17 heavy (non-hydrogen) atoms. The van der Waals surface area contributed by atoms with Crippen molar-refractivity contribution in [2.45, 2.75) is 12.5 Å². The van der Waals surface area contributed by atoms with E-state index < -0.39 is 0 Å². The summed E-state index contributed by atoms with van der Waals surface area (Å²) in [7, 11) is 0. The van der Waals surface area contributed by atoms with Crippen molar-refractivity contribution in [1.82, 2.24) is 10.2 Å². The lowest BCUT2D eigenvalue weighted by atomic mass is 10.2. The monoisotopic (exact) mass is 377 g/mol. The minimum Gasteiger partial charge on any atom is -0.315 e. The van der Waals surface area contributed by atoms with Crippen molar-refractivity contribution in [3.05, 3.63) is 19.2 Å². The van der Waals surface area contributed by atoms with Crippen LogP contribution in [0.15, 0.2) is 14.3 Å². The maximum atomic E-state index is 9.39. The summed E-state index contributed by atoms with van der Waals surface area (Å²) >= 11 is 8.59. The van der Waals surface area contributed by atoms with Gasteiger partial charge in [-0.15, -0.1) is 11.3 Å². The Labute approximate surface area is 122 Å². The molecule has 0 aliphatic carbocycles. The molecular weight excluding hydrogens is 366 g/mol. The zero-order chi connectivity index (χ0) is 12.3. The average Bonchev–Trinajstić information content (AvgIpc) is 2.56. The number of nitriles is 1. The number of nitrogens with zero attached hydrogens (tertiary/aromatic N) is 2. The Kier molecular flexibility index (Phi) is 5.00. The van der Waals surface area contributed by atoms with Crippen LogP contribution in [0.4, 0.5) is 0 Å². The lowest BCUT2D eigenvalue weighted by Gasteiger charge is -2.23. The molecule has 2 rings (SSSR count). The first-order valence-corrected chi connectivity index (χ1v) is 7.91. The third kappa shape index (κ3) is 3.30. The van der Waals surface area contributed by atoms with Gasteiger partial charge in [-0.2, -0.15) is 5.26 Å². The third-order valence-electron chi connectivity index (χ3n) is 2.80. The first-order chi connectivity index (χ1) is 8.22. The molecule has 1 aromatic heterocycles. The fourth-order valence-electron chi connectivity index (χ4n) is 1.95. The summed E-state index contributed by atoms with van der Waals surface area (Å²) in [5.74, 6) is 0. The van der Waals surface area contributed by atoms with E-state index in [2.05, 4.69) is 48.1 Å². The van der Waals surface area contributed by atoms with Crippen LogP contribution in [-0.2, 0) is 0 Å². The Hall–Kier alpha value is 0.0700. The highest BCUT2D eigenvalue weighted by molar-refractivity contribution is 9.13. The number of nitrogens with one attached hydrogen (secondary N) is 1. The quantitative estimate of drug-likeness (QED) is 0.859. The summed E-state index contributed by atoms with van der Waals surface area (Å²) < 4.78 is 2.09. The van der Waals surface area contributed by atoms with Crippen molar-refractivity contribution in [2.75, 3.05) is 26.2 Å². The Balaban J connectivity index is 2.17. The molecule has 2 heterocycles. The van der Waals surface area contributed by atoms with E-state index in [1.54, 1.807) is 11.3 Å². The van der Waals surface area contributed by atoms with Crippen LogP contribution in [0.5, 0.6) is 0 Å². The van der Waals surface area contributed by atoms with E-state index in [-0.39, 0.29) is 6.04 Å². The standard InChI is InChI=1S/C11H13Br2N3S/c12-8-6-10(17-11(8)13)9(7-14)16-4-1-2-15-3-5-16/h6,9,15H,1-5H2. The van der Waals surface area contributed by atoms with Gasteiger partial charge in [-0.25, -0.2) is 0 Å². The van der Waals surface area contributed by atoms with Crippen LogP contribution in [0.2, 0.25) is 0 Å². The van der Waals surface area contributed by atoms with Gasteiger partial charge in [-0.3, -0.25) is 4.90 Å². The topological polar surface area (TPSA) is 39.1 Å². The first kappa shape index (κ1) is 13.5. The number of hydrogen-bond acceptors (Lipinski definition) is 4. The molecule has 92 valence electrons. The van der Waals surface area contributed by atoms with Crippen LogP contribution < -0.4 is 5.32 Å². The van der Waals surface area contributed by atoms with Crippen molar-refractivity contribution < 1.29 is 0 Å². The van der Waals surface area contributed by atoms with Gasteiger partial charge in [0.25, 0.3) is 0 Å². The largest absolute Gasteiger partial charge is 0.315 e. The van der Waals surface area contributed by atoms with Crippen LogP contribution in [0, 0.1) is 11.3 Å². The molecule has 1 saturated heterocycles. The molecule has 0 spiro atoms. The second-order valence-corrected chi connectivity index (χ2v) is 7.20. The van der Waals surface area contributed by atoms with Crippen molar-refractivity contribution in [1.29, 1.82) is 5.26 Å². The zero-order valence-electron chi connectivity index (χ0n) is 9.25. The maximum absolute atomic E-state index is 9.39. The molecule has 6 heteroatoms. The highest BCUT2D eigenvalue weighted by Gasteiger charge is 2.23. The Morgan fingerprint density at radius 1 is 1.41 bits per heavy atom. The summed E-state index contributed by atoms with van der Waals surface area (Å²) in [5, 5.41) is 12.7. The zero-order valence-corrected chi connectivity index (χ0v) is 13.2.